The molecule has 0 bridgehead atoms. The third-order valence-electron chi connectivity index (χ3n) is 5.02. The zero-order valence-corrected chi connectivity index (χ0v) is 16.4. The quantitative estimate of drug-likeness (QED) is 0.784. The van der Waals surface area contributed by atoms with Gasteiger partial charge in [0, 0.05) is 38.3 Å². The molecular weight excluding hydrogens is 368 g/mol. The molecule has 1 aromatic carbocycles. The zero-order valence-electron chi connectivity index (χ0n) is 15.6. The predicted molar refractivity (Wildman–Crippen MR) is 103 cm³/mol. The van der Waals surface area contributed by atoms with Crippen LogP contribution >= 0.6 is 0 Å². The van der Waals surface area contributed by atoms with Crippen molar-refractivity contribution in [3.63, 3.8) is 0 Å². The summed E-state index contributed by atoms with van der Waals surface area (Å²) >= 11 is 0. The second-order valence-electron chi connectivity index (χ2n) is 7.01. The fraction of sp³-hybridized carbons (Fsp3) is 0.556. The van der Waals surface area contributed by atoms with Crippen molar-refractivity contribution < 1.29 is 18.0 Å². The molecule has 2 saturated heterocycles. The molecule has 0 aliphatic carbocycles. The van der Waals surface area contributed by atoms with Gasteiger partial charge >= 0.3 is 0 Å². The van der Waals surface area contributed by atoms with Gasteiger partial charge in [0.15, 0.2) is 0 Å². The van der Waals surface area contributed by atoms with Crippen molar-refractivity contribution in [2.45, 2.75) is 12.8 Å². The lowest BCUT2D eigenvalue weighted by Crippen LogP contribution is -2.50. The Labute approximate surface area is 160 Å². The van der Waals surface area contributed by atoms with E-state index >= 15 is 0 Å². The molecule has 0 unspecified atom stereocenters. The Morgan fingerprint density at radius 2 is 1.67 bits per heavy atom. The van der Waals surface area contributed by atoms with Crippen LogP contribution in [0.3, 0.4) is 0 Å². The number of nitrogens with one attached hydrogen (secondary N) is 1. The third kappa shape index (κ3) is 4.78. The molecule has 1 N–H and O–H groups in total. The number of anilines is 1. The van der Waals surface area contributed by atoms with Gasteiger partial charge in [-0.2, -0.15) is 0 Å². The van der Waals surface area contributed by atoms with Crippen molar-refractivity contribution in [3.8, 4) is 0 Å². The molecule has 2 heterocycles. The monoisotopic (exact) mass is 394 g/mol. The Kier molecular flexibility index (Phi) is 6.01. The number of carbonyl (C=O) groups excluding carboxylic acids is 2. The summed E-state index contributed by atoms with van der Waals surface area (Å²) in [5.41, 5.74) is 0.971. The summed E-state index contributed by atoms with van der Waals surface area (Å²) in [6, 6.07) is 6.46. The summed E-state index contributed by atoms with van der Waals surface area (Å²) in [5.74, 6) is -0.276. The molecule has 0 atom stereocenters. The number of hydrogen-bond acceptors (Lipinski definition) is 5. The second kappa shape index (κ2) is 8.26. The first-order valence-corrected chi connectivity index (χ1v) is 10.8. The number of likely N-dealkylation sites (N-methyl/N-ethyl adjacent to an activating group) is 1. The molecule has 1 aromatic rings. The van der Waals surface area contributed by atoms with Crippen LogP contribution < -0.4 is 9.62 Å². The maximum Gasteiger partial charge on any atom is 0.251 e. The number of nitrogens with zero attached hydrogens (tertiary/aromatic N) is 3. The SMILES string of the molecule is CN1CCN(C(=O)CNC(=O)c2ccc(N3CCCCS3(=O)=O)cc2)CC1. The molecule has 3 rings (SSSR count). The average molecular weight is 394 g/mol. The largest absolute Gasteiger partial charge is 0.343 e. The minimum atomic E-state index is -3.27. The summed E-state index contributed by atoms with van der Waals surface area (Å²) in [5, 5.41) is 2.65. The molecule has 0 saturated carbocycles. The number of rotatable bonds is 4. The van der Waals surface area contributed by atoms with Crippen molar-refractivity contribution in [3.05, 3.63) is 29.8 Å². The molecule has 0 aromatic heterocycles. The van der Waals surface area contributed by atoms with Crippen LogP contribution in [0.2, 0.25) is 0 Å². The lowest BCUT2D eigenvalue weighted by Gasteiger charge is -2.32. The summed E-state index contributed by atoms with van der Waals surface area (Å²) < 4.78 is 25.7. The first kappa shape index (κ1) is 19.6. The molecule has 9 heteroatoms. The van der Waals surface area contributed by atoms with Crippen molar-refractivity contribution in [2.24, 2.45) is 0 Å². The minimum absolute atomic E-state index is 0.0369. The van der Waals surface area contributed by atoms with Crippen molar-refractivity contribution in [1.82, 2.24) is 15.1 Å². The fourth-order valence-corrected chi connectivity index (χ4v) is 4.92. The Hall–Kier alpha value is -2.13. The van der Waals surface area contributed by atoms with Crippen LogP contribution in [0.15, 0.2) is 24.3 Å². The van der Waals surface area contributed by atoms with E-state index in [4.69, 9.17) is 0 Å². The third-order valence-corrected chi connectivity index (χ3v) is 6.89. The van der Waals surface area contributed by atoms with E-state index in [1.165, 1.54) is 4.31 Å². The minimum Gasteiger partial charge on any atom is -0.343 e. The van der Waals surface area contributed by atoms with Gasteiger partial charge in [-0.05, 0) is 44.2 Å². The molecule has 2 amide bonds. The van der Waals surface area contributed by atoms with Crippen molar-refractivity contribution >= 4 is 27.5 Å². The van der Waals surface area contributed by atoms with Crippen LogP contribution in [0.4, 0.5) is 5.69 Å². The summed E-state index contributed by atoms with van der Waals surface area (Å²) in [6.45, 7) is 3.44. The number of piperazine rings is 1. The van der Waals surface area contributed by atoms with E-state index in [1.54, 1.807) is 29.2 Å². The van der Waals surface area contributed by atoms with Gasteiger partial charge < -0.3 is 15.1 Å². The maximum absolute atomic E-state index is 12.3. The van der Waals surface area contributed by atoms with Crippen LogP contribution in [-0.2, 0) is 14.8 Å². The highest BCUT2D eigenvalue weighted by molar-refractivity contribution is 7.92. The Bertz CT molecular complexity index is 786. The topological polar surface area (TPSA) is 90.0 Å². The van der Waals surface area contributed by atoms with Crippen LogP contribution in [0.25, 0.3) is 0 Å². The van der Waals surface area contributed by atoms with Crippen LogP contribution in [-0.4, -0.2) is 82.1 Å². The molecule has 8 nitrogen and oxygen atoms in total. The highest BCUT2D eigenvalue weighted by Crippen LogP contribution is 2.23. The lowest BCUT2D eigenvalue weighted by atomic mass is 10.2. The van der Waals surface area contributed by atoms with Gasteiger partial charge in [0.1, 0.15) is 0 Å². The molecule has 2 fully saturated rings. The van der Waals surface area contributed by atoms with E-state index in [-0.39, 0.29) is 24.1 Å². The number of carbonyl (C=O) groups is 2. The molecular formula is C18H26N4O4S. The van der Waals surface area contributed by atoms with E-state index in [1.807, 2.05) is 7.05 Å². The van der Waals surface area contributed by atoms with Crippen molar-refractivity contribution in [1.29, 1.82) is 0 Å². The summed E-state index contributed by atoms with van der Waals surface area (Å²) in [4.78, 5) is 28.4. The highest BCUT2D eigenvalue weighted by Gasteiger charge is 2.26. The van der Waals surface area contributed by atoms with Gasteiger partial charge in [-0.15, -0.1) is 0 Å². The Morgan fingerprint density at radius 1 is 1.00 bits per heavy atom. The molecule has 148 valence electrons. The number of benzene rings is 1. The van der Waals surface area contributed by atoms with Crippen LogP contribution in [0, 0.1) is 0 Å². The lowest BCUT2D eigenvalue weighted by molar-refractivity contribution is -0.131. The molecule has 2 aliphatic heterocycles. The number of amides is 2. The van der Waals surface area contributed by atoms with Gasteiger partial charge in [-0.3, -0.25) is 13.9 Å². The maximum atomic E-state index is 12.3. The standard InChI is InChI=1S/C18H26N4O4S/c1-20-9-11-21(12-10-20)17(23)14-19-18(24)15-4-6-16(7-5-15)22-8-2-3-13-27(22,25)26/h4-7H,2-3,8-14H2,1H3,(H,19,24). The highest BCUT2D eigenvalue weighted by atomic mass is 32.2. The first-order chi connectivity index (χ1) is 12.9. The van der Waals surface area contributed by atoms with Gasteiger partial charge in [0.05, 0.1) is 18.0 Å². The van der Waals surface area contributed by atoms with E-state index in [0.717, 1.165) is 19.5 Å². The predicted octanol–water partition coefficient (Wildman–Crippen LogP) is 0.120. The van der Waals surface area contributed by atoms with Crippen LogP contribution in [0.1, 0.15) is 23.2 Å². The average Bonchev–Trinajstić information content (AvgIpc) is 2.66. The first-order valence-electron chi connectivity index (χ1n) is 9.22. The summed E-state index contributed by atoms with van der Waals surface area (Å²) in [7, 11) is -1.25. The van der Waals surface area contributed by atoms with Gasteiger partial charge in [0.25, 0.3) is 5.91 Å². The molecule has 27 heavy (non-hydrogen) atoms. The van der Waals surface area contributed by atoms with E-state index in [0.29, 0.717) is 37.3 Å². The van der Waals surface area contributed by atoms with E-state index < -0.39 is 10.0 Å². The van der Waals surface area contributed by atoms with Gasteiger partial charge in [0.2, 0.25) is 15.9 Å². The Morgan fingerprint density at radius 3 is 2.30 bits per heavy atom. The number of hydrogen-bond donors (Lipinski definition) is 1. The zero-order chi connectivity index (χ0) is 19.4. The van der Waals surface area contributed by atoms with Gasteiger partial charge in [-0.25, -0.2) is 8.42 Å². The fourth-order valence-electron chi connectivity index (χ4n) is 3.28. The molecule has 0 radical (unpaired) electrons. The normalized spacial score (nSPS) is 20.3. The van der Waals surface area contributed by atoms with E-state index in [9.17, 15) is 18.0 Å². The second-order valence-corrected chi connectivity index (χ2v) is 9.02. The van der Waals surface area contributed by atoms with E-state index in [2.05, 4.69) is 10.2 Å². The molecule has 2 aliphatic rings. The smallest absolute Gasteiger partial charge is 0.251 e. The summed E-state index contributed by atoms with van der Waals surface area (Å²) in [6.07, 6.45) is 1.51. The van der Waals surface area contributed by atoms with Crippen LogP contribution in [0.5, 0.6) is 0 Å². The number of sulfonamides is 1. The molecule has 0 spiro atoms. The van der Waals surface area contributed by atoms with Gasteiger partial charge in [-0.1, -0.05) is 0 Å². The Balaban J connectivity index is 1.55. The van der Waals surface area contributed by atoms with Crippen molar-refractivity contribution in [2.75, 3.05) is 56.4 Å².